The van der Waals surface area contributed by atoms with Crippen LogP contribution in [-0.4, -0.2) is 6.54 Å². The van der Waals surface area contributed by atoms with Gasteiger partial charge in [0.1, 0.15) is 5.75 Å². The van der Waals surface area contributed by atoms with Gasteiger partial charge in [-0.2, -0.15) is 0 Å². The van der Waals surface area contributed by atoms with Crippen LogP contribution in [0.4, 0.5) is 0 Å². The summed E-state index contributed by atoms with van der Waals surface area (Å²) in [6.07, 6.45) is 0. The van der Waals surface area contributed by atoms with Gasteiger partial charge in [-0.3, -0.25) is 0 Å². The van der Waals surface area contributed by atoms with Gasteiger partial charge in [0.25, 0.3) is 0 Å². The van der Waals surface area contributed by atoms with E-state index in [4.69, 9.17) is 27.9 Å². The SMILES string of the molecule is CCNCc1cccc(Cl)c1Oc1c(C)cc(Cl)cc1C. The maximum atomic E-state index is 6.32. The number of benzene rings is 2. The lowest BCUT2D eigenvalue weighted by Gasteiger charge is -2.16. The highest BCUT2D eigenvalue weighted by Gasteiger charge is 2.13. The maximum absolute atomic E-state index is 6.32. The van der Waals surface area contributed by atoms with Crippen LogP contribution < -0.4 is 10.1 Å². The molecule has 0 atom stereocenters. The van der Waals surface area contributed by atoms with Crippen LogP contribution in [0.15, 0.2) is 30.3 Å². The van der Waals surface area contributed by atoms with Crippen LogP contribution >= 0.6 is 23.2 Å². The molecular formula is C17H19Cl2NO. The van der Waals surface area contributed by atoms with Crippen molar-refractivity contribution >= 4 is 23.2 Å². The second-order valence-electron chi connectivity index (χ2n) is 4.98. The van der Waals surface area contributed by atoms with Gasteiger partial charge in [-0.15, -0.1) is 0 Å². The van der Waals surface area contributed by atoms with Crippen molar-refractivity contribution in [2.75, 3.05) is 6.54 Å². The summed E-state index contributed by atoms with van der Waals surface area (Å²) in [5.74, 6) is 1.51. The monoisotopic (exact) mass is 323 g/mol. The Kier molecular flexibility index (Phi) is 5.51. The molecule has 0 amide bonds. The van der Waals surface area contributed by atoms with Crippen LogP contribution in [0.25, 0.3) is 0 Å². The number of hydrogen-bond acceptors (Lipinski definition) is 2. The van der Waals surface area contributed by atoms with Crippen LogP contribution in [0.1, 0.15) is 23.6 Å². The highest BCUT2D eigenvalue weighted by Crippen LogP contribution is 2.37. The Hall–Kier alpha value is -1.22. The second-order valence-corrected chi connectivity index (χ2v) is 5.82. The number of ether oxygens (including phenoxy) is 1. The van der Waals surface area contributed by atoms with Crippen molar-refractivity contribution in [1.82, 2.24) is 5.32 Å². The molecule has 0 aliphatic carbocycles. The first-order valence-electron chi connectivity index (χ1n) is 6.95. The van der Waals surface area contributed by atoms with E-state index in [0.29, 0.717) is 15.8 Å². The van der Waals surface area contributed by atoms with Crippen LogP contribution in [0.3, 0.4) is 0 Å². The lowest BCUT2D eigenvalue weighted by atomic mass is 10.1. The van der Waals surface area contributed by atoms with E-state index in [0.717, 1.165) is 35.5 Å². The van der Waals surface area contributed by atoms with Gasteiger partial charge in [0, 0.05) is 17.1 Å². The van der Waals surface area contributed by atoms with Crippen molar-refractivity contribution in [3.8, 4) is 11.5 Å². The Morgan fingerprint density at radius 2 is 1.71 bits per heavy atom. The number of aryl methyl sites for hydroxylation is 2. The molecule has 0 unspecified atom stereocenters. The summed E-state index contributed by atoms with van der Waals surface area (Å²) in [6, 6.07) is 9.58. The minimum Gasteiger partial charge on any atom is -0.455 e. The van der Waals surface area contributed by atoms with Crippen LogP contribution in [0, 0.1) is 13.8 Å². The molecule has 0 spiro atoms. The number of halogens is 2. The van der Waals surface area contributed by atoms with Gasteiger partial charge in [0.15, 0.2) is 5.75 Å². The summed E-state index contributed by atoms with van der Waals surface area (Å²) in [5.41, 5.74) is 3.03. The third-order valence-electron chi connectivity index (χ3n) is 3.24. The smallest absolute Gasteiger partial charge is 0.150 e. The van der Waals surface area contributed by atoms with Crippen molar-refractivity contribution in [3.05, 3.63) is 57.1 Å². The van der Waals surface area contributed by atoms with Gasteiger partial charge in [-0.25, -0.2) is 0 Å². The van der Waals surface area contributed by atoms with Crippen molar-refractivity contribution in [2.45, 2.75) is 27.3 Å². The van der Waals surface area contributed by atoms with E-state index in [-0.39, 0.29) is 0 Å². The number of para-hydroxylation sites is 1. The molecule has 0 saturated carbocycles. The minimum atomic E-state index is 0.610. The van der Waals surface area contributed by atoms with Crippen LogP contribution in [0.5, 0.6) is 11.5 Å². The number of hydrogen-bond donors (Lipinski definition) is 1. The van der Waals surface area contributed by atoms with Gasteiger partial charge in [0.05, 0.1) is 5.02 Å². The van der Waals surface area contributed by atoms with E-state index in [1.165, 1.54) is 0 Å². The van der Waals surface area contributed by atoms with Crippen molar-refractivity contribution < 1.29 is 4.74 Å². The molecule has 0 aromatic heterocycles. The molecule has 2 nitrogen and oxygen atoms in total. The first-order valence-corrected chi connectivity index (χ1v) is 7.71. The summed E-state index contributed by atoms with van der Waals surface area (Å²) in [7, 11) is 0. The molecule has 2 rings (SSSR count). The van der Waals surface area contributed by atoms with Gasteiger partial charge < -0.3 is 10.1 Å². The summed E-state index contributed by atoms with van der Waals surface area (Å²) in [6.45, 7) is 7.64. The Morgan fingerprint density at radius 3 is 2.33 bits per heavy atom. The van der Waals surface area contributed by atoms with Crippen molar-refractivity contribution in [3.63, 3.8) is 0 Å². The molecule has 2 aromatic carbocycles. The largest absolute Gasteiger partial charge is 0.455 e. The molecule has 0 aliphatic rings. The molecule has 21 heavy (non-hydrogen) atoms. The average molecular weight is 324 g/mol. The Labute approximate surface area is 136 Å². The minimum absolute atomic E-state index is 0.610. The topological polar surface area (TPSA) is 21.3 Å². The third kappa shape index (κ3) is 3.91. The fraction of sp³-hybridized carbons (Fsp3) is 0.294. The molecule has 112 valence electrons. The number of rotatable bonds is 5. The summed E-state index contributed by atoms with van der Waals surface area (Å²) in [5, 5.41) is 4.62. The van der Waals surface area contributed by atoms with E-state index in [2.05, 4.69) is 12.2 Å². The summed E-state index contributed by atoms with van der Waals surface area (Å²) < 4.78 is 6.12. The highest BCUT2D eigenvalue weighted by molar-refractivity contribution is 6.32. The molecule has 0 heterocycles. The zero-order valence-corrected chi connectivity index (χ0v) is 14.0. The van der Waals surface area contributed by atoms with Gasteiger partial charge in [-0.05, 0) is 49.7 Å². The van der Waals surface area contributed by atoms with Crippen LogP contribution in [0.2, 0.25) is 10.0 Å². The third-order valence-corrected chi connectivity index (χ3v) is 3.76. The Bertz CT molecular complexity index is 618. The highest BCUT2D eigenvalue weighted by atomic mass is 35.5. The van der Waals surface area contributed by atoms with Crippen molar-refractivity contribution in [2.24, 2.45) is 0 Å². The Balaban J connectivity index is 2.39. The first-order chi connectivity index (χ1) is 10.0. The van der Waals surface area contributed by atoms with Crippen LogP contribution in [-0.2, 0) is 6.54 Å². The predicted molar refractivity (Wildman–Crippen MR) is 89.8 cm³/mol. The normalized spacial score (nSPS) is 10.7. The fourth-order valence-corrected chi connectivity index (χ4v) is 2.79. The molecule has 0 fully saturated rings. The molecule has 0 radical (unpaired) electrons. The molecule has 0 aliphatic heterocycles. The van der Waals surface area contributed by atoms with E-state index >= 15 is 0 Å². The molecule has 4 heteroatoms. The Morgan fingerprint density at radius 1 is 1.05 bits per heavy atom. The average Bonchev–Trinajstić information content (AvgIpc) is 2.42. The molecule has 0 bridgehead atoms. The summed E-state index contributed by atoms with van der Waals surface area (Å²) >= 11 is 12.4. The van der Waals surface area contributed by atoms with E-state index in [1.807, 2.05) is 44.2 Å². The van der Waals surface area contributed by atoms with Gasteiger partial charge in [0.2, 0.25) is 0 Å². The quantitative estimate of drug-likeness (QED) is 0.783. The first kappa shape index (κ1) is 16.2. The van der Waals surface area contributed by atoms with Gasteiger partial charge >= 0.3 is 0 Å². The zero-order valence-electron chi connectivity index (χ0n) is 12.5. The molecular weight excluding hydrogens is 305 g/mol. The molecule has 2 aromatic rings. The van der Waals surface area contributed by atoms with E-state index in [9.17, 15) is 0 Å². The maximum Gasteiger partial charge on any atom is 0.150 e. The lowest BCUT2D eigenvalue weighted by molar-refractivity contribution is 0.466. The van der Waals surface area contributed by atoms with Crippen molar-refractivity contribution in [1.29, 1.82) is 0 Å². The second kappa shape index (κ2) is 7.17. The predicted octanol–water partition coefficient (Wildman–Crippen LogP) is 5.51. The number of nitrogens with one attached hydrogen (secondary N) is 1. The lowest BCUT2D eigenvalue weighted by Crippen LogP contribution is -2.12. The molecule has 0 saturated heterocycles. The zero-order chi connectivity index (χ0) is 15.4. The fourth-order valence-electron chi connectivity index (χ4n) is 2.23. The standard InChI is InChI=1S/C17H19Cl2NO/c1-4-20-10-13-6-5-7-15(19)17(13)21-16-11(2)8-14(18)9-12(16)3/h5-9,20H,4,10H2,1-3H3. The van der Waals surface area contributed by atoms with E-state index < -0.39 is 0 Å². The van der Waals surface area contributed by atoms with E-state index in [1.54, 1.807) is 0 Å². The van der Waals surface area contributed by atoms with Gasteiger partial charge in [-0.1, -0.05) is 42.3 Å². The summed E-state index contributed by atoms with van der Waals surface area (Å²) in [4.78, 5) is 0. The molecule has 1 N–H and O–H groups in total.